The van der Waals surface area contributed by atoms with Gasteiger partial charge in [0.05, 0.1) is 24.0 Å². The lowest BCUT2D eigenvalue weighted by Gasteiger charge is -2.22. The second-order valence-electron chi connectivity index (χ2n) is 6.21. The quantitative estimate of drug-likeness (QED) is 0.512. The van der Waals surface area contributed by atoms with E-state index in [2.05, 4.69) is 4.98 Å². The van der Waals surface area contributed by atoms with Crippen LogP contribution in [-0.4, -0.2) is 35.2 Å². The molecule has 0 radical (unpaired) electrons. The van der Waals surface area contributed by atoms with Gasteiger partial charge in [0.2, 0.25) is 0 Å². The van der Waals surface area contributed by atoms with E-state index in [0.717, 1.165) is 0 Å². The zero-order chi connectivity index (χ0) is 20.2. The van der Waals surface area contributed by atoms with E-state index < -0.39 is 5.91 Å². The molecule has 3 aromatic rings. The highest BCUT2D eigenvalue weighted by Crippen LogP contribution is 2.38. The summed E-state index contributed by atoms with van der Waals surface area (Å²) in [5.74, 6) is 0.705. The van der Waals surface area contributed by atoms with Crippen molar-refractivity contribution in [1.29, 1.82) is 0 Å². The molecule has 146 valence electrons. The molecule has 0 saturated heterocycles. The molecule has 1 aliphatic heterocycles. The summed E-state index contributed by atoms with van der Waals surface area (Å²) in [6.45, 7) is 0.520. The molecule has 1 aromatic heterocycles. The number of para-hydroxylation sites is 2. The summed E-state index contributed by atoms with van der Waals surface area (Å²) < 4.78 is 11.6. The van der Waals surface area contributed by atoms with Crippen molar-refractivity contribution in [3.05, 3.63) is 78.1 Å². The summed E-state index contributed by atoms with van der Waals surface area (Å²) in [5, 5.41) is 8.66. The number of hydrogen-bond acceptors (Lipinski definition) is 6. The van der Waals surface area contributed by atoms with Gasteiger partial charge >= 0.3 is 0 Å². The Hall–Kier alpha value is -3.91. The Labute approximate surface area is 166 Å². The smallest absolute Gasteiger partial charge is 0.274 e. The fourth-order valence-electron chi connectivity index (χ4n) is 3.02. The fourth-order valence-corrected chi connectivity index (χ4v) is 3.02. The molecule has 4 rings (SSSR count). The maximum atomic E-state index is 13.1. The van der Waals surface area contributed by atoms with Gasteiger partial charge in [-0.05, 0) is 42.5 Å². The number of hydroxylamine groups is 1. The summed E-state index contributed by atoms with van der Waals surface area (Å²) in [7, 11) is 0. The fraction of sp³-hybridized carbons (Fsp3) is 0.0952. The molecule has 8 nitrogen and oxygen atoms in total. The van der Waals surface area contributed by atoms with Gasteiger partial charge in [-0.2, -0.15) is 0 Å². The van der Waals surface area contributed by atoms with Crippen LogP contribution in [0.3, 0.4) is 0 Å². The predicted octanol–water partition coefficient (Wildman–Crippen LogP) is 3.03. The van der Waals surface area contributed by atoms with Gasteiger partial charge in [-0.15, -0.1) is 0 Å². The Bertz CT molecular complexity index is 1050. The van der Waals surface area contributed by atoms with Gasteiger partial charge in [0.1, 0.15) is 12.4 Å². The molecule has 0 fully saturated rings. The first-order valence-corrected chi connectivity index (χ1v) is 8.87. The average Bonchev–Trinajstić information content (AvgIpc) is 2.88. The Morgan fingerprint density at radius 3 is 2.69 bits per heavy atom. The number of rotatable bonds is 5. The molecule has 0 bridgehead atoms. The van der Waals surface area contributed by atoms with Crippen LogP contribution < -0.4 is 19.9 Å². The molecule has 2 amide bonds. The second kappa shape index (κ2) is 7.99. The maximum Gasteiger partial charge on any atom is 0.274 e. The SMILES string of the molecule is O=C(NO)c1ccc(OCCN2C(=O)c3ccncc3Oc3ccccc32)cc1. The van der Waals surface area contributed by atoms with Crippen molar-refractivity contribution < 1.29 is 24.3 Å². The molecule has 0 spiro atoms. The molecule has 1 aliphatic rings. The molecule has 2 N–H and O–H groups in total. The van der Waals surface area contributed by atoms with Crippen LogP contribution in [0.15, 0.2) is 67.0 Å². The molecular formula is C21H17N3O5. The van der Waals surface area contributed by atoms with E-state index in [-0.39, 0.29) is 12.5 Å². The first-order chi connectivity index (χ1) is 14.2. The largest absolute Gasteiger partial charge is 0.492 e. The molecule has 0 atom stereocenters. The van der Waals surface area contributed by atoms with Gasteiger partial charge in [0.25, 0.3) is 11.8 Å². The first kappa shape index (κ1) is 18.5. The maximum absolute atomic E-state index is 13.1. The molecule has 0 aliphatic carbocycles. The van der Waals surface area contributed by atoms with Gasteiger partial charge in [0.15, 0.2) is 11.5 Å². The second-order valence-corrected chi connectivity index (χ2v) is 6.21. The van der Waals surface area contributed by atoms with Crippen LogP contribution in [0, 0.1) is 0 Å². The van der Waals surface area contributed by atoms with Crippen molar-refractivity contribution in [2.45, 2.75) is 0 Å². The highest BCUT2D eigenvalue weighted by Gasteiger charge is 2.27. The lowest BCUT2D eigenvalue weighted by atomic mass is 10.2. The number of nitrogens with zero attached hydrogens (tertiary/aromatic N) is 2. The third-order valence-electron chi connectivity index (χ3n) is 4.44. The summed E-state index contributed by atoms with van der Waals surface area (Å²) in [6.07, 6.45) is 3.07. The third-order valence-corrected chi connectivity index (χ3v) is 4.44. The zero-order valence-electron chi connectivity index (χ0n) is 15.2. The molecule has 0 saturated carbocycles. The van der Waals surface area contributed by atoms with E-state index in [1.54, 1.807) is 40.8 Å². The standard InChI is InChI=1S/C21H17N3O5/c25-20(23-27)14-5-7-15(8-6-14)28-12-11-24-17-3-1-2-4-18(17)29-19-13-22-10-9-16(19)21(24)26/h1-10,13,27H,11-12H2,(H,23,25). The van der Waals surface area contributed by atoms with Crippen LogP contribution in [0.5, 0.6) is 17.2 Å². The van der Waals surface area contributed by atoms with Crippen LogP contribution in [0.4, 0.5) is 5.69 Å². The lowest BCUT2D eigenvalue weighted by molar-refractivity contribution is 0.0706. The van der Waals surface area contributed by atoms with Gasteiger partial charge in [-0.25, -0.2) is 5.48 Å². The van der Waals surface area contributed by atoms with Crippen LogP contribution in [0.25, 0.3) is 0 Å². The average molecular weight is 391 g/mol. The number of aromatic nitrogens is 1. The van der Waals surface area contributed by atoms with Gasteiger partial charge in [-0.3, -0.25) is 19.8 Å². The number of benzene rings is 2. The zero-order valence-corrected chi connectivity index (χ0v) is 15.2. The molecule has 2 heterocycles. The summed E-state index contributed by atoms with van der Waals surface area (Å²) >= 11 is 0. The van der Waals surface area contributed by atoms with E-state index in [4.69, 9.17) is 14.7 Å². The van der Waals surface area contributed by atoms with Gasteiger partial charge in [-0.1, -0.05) is 12.1 Å². The number of amides is 2. The third kappa shape index (κ3) is 3.74. The van der Waals surface area contributed by atoms with Crippen LogP contribution in [-0.2, 0) is 0 Å². The topological polar surface area (TPSA) is 101 Å². The van der Waals surface area contributed by atoms with Crippen molar-refractivity contribution in [2.24, 2.45) is 0 Å². The number of hydrogen-bond donors (Lipinski definition) is 2. The first-order valence-electron chi connectivity index (χ1n) is 8.87. The predicted molar refractivity (Wildman–Crippen MR) is 104 cm³/mol. The van der Waals surface area contributed by atoms with Crippen molar-refractivity contribution in [2.75, 3.05) is 18.1 Å². The summed E-state index contributed by atoms with van der Waals surface area (Å²) in [4.78, 5) is 30.1. The summed E-state index contributed by atoms with van der Waals surface area (Å²) in [5.41, 5.74) is 2.95. The van der Waals surface area contributed by atoms with Crippen LogP contribution >= 0.6 is 0 Å². The van der Waals surface area contributed by atoms with Crippen molar-refractivity contribution in [3.63, 3.8) is 0 Å². The van der Waals surface area contributed by atoms with E-state index >= 15 is 0 Å². The number of anilines is 1. The lowest BCUT2D eigenvalue weighted by Crippen LogP contribution is -2.34. The monoisotopic (exact) mass is 391 g/mol. The number of pyridine rings is 1. The molecule has 8 heteroatoms. The van der Waals surface area contributed by atoms with Crippen molar-refractivity contribution >= 4 is 17.5 Å². The minimum atomic E-state index is -0.600. The van der Waals surface area contributed by atoms with Crippen molar-refractivity contribution in [1.82, 2.24) is 10.5 Å². The van der Waals surface area contributed by atoms with E-state index in [1.165, 1.54) is 18.3 Å². The molecule has 0 unspecified atom stereocenters. The van der Waals surface area contributed by atoms with E-state index in [9.17, 15) is 9.59 Å². The van der Waals surface area contributed by atoms with E-state index in [0.29, 0.717) is 40.6 Å². The Morgan fingerprint density at radius 2 is 1.90 bits per heavy atom. The minimum Gasteiger partial charge on any atom is -0.492 e. The van der Waals surface area contributed by atoms with Gasteiger partial charge in [0, 0.05) is 11.8 Å². The Kier molecular flexibility index (Phi) is 5.08. The number of carbonyl (C=O) groups excluding carboxylic acids is 2. The van der Waals surface area contributed by atoms with Crippen LogP contribution in [0.1, 0.15) is 20.7 Å². The van der Waals surface area contributed by atoms with Crippen molar-refractivity contribution in [3.8, 4) is 17.2 Å². The van der Waals surface area contributed by atoms with E-state index in [1.807, 2.05) is 18.2 Å². The highest BCUT2D eigenvalue weighted by atomic mass is 16.5. The highest BCUT2D eigenvalue weighted by molar-refractivity contribution is 6.09. The minimum absolute atomic E-state index is 0.203. The van der Waals surface area contributed by atoms with Crippen LogP contribution in [0.2, 0.25) is 0 Å². The van der Waals surface area contributed by atoms with Gasteiger partial charge < -0.3 is 14.4 Å². The Morgan fingerprint density at radius 1 is 1.10 bits per heavy atom. The molecular weight excluding hydrogens is 374 g/mol. The number of carbonyl (C=O) groups is 2. The molecule has 2 aromatic carbocycles. The molecule has 29 heavy (non-hydrogen) atoms. The normalized spacial score (nSPS) is 12.3. The Balaban J connectivity index is 1.52. The number of nitrogens with one attached hydrogen (secondary N) is 1. The summed E-state index contributed by atoms with van der Waals surface area (Å²) in [6, 6.07) is 15.2. The number of ether oxygens (including phenoxy) is 2. The number of fused-ring (bicyclic) bond motifs is 2.